The summed E-state index contributed by atoms with van der Waals surface area (Å²) >= 11 is 3.55. The average Bonchev–Trinajstić information content (AvgIpc) is 3.36. The minimum absolute atomic E-state index is 0.340. The second-order valence-corrected chi connectivity index (χ2v) is 8.84. The largest absolute Gasteiger partial charge is 0.493 e. The van der Waals surface area contributed by atoms with Gasteiger partial charge in [-0.2, -0.15) is 0 Å². The number of alkyl carbamates (subject to hydrolysis) is 1. The molecule has 1 aromatic rings. The Morgan fingerprint density at radius 3 is 2.75 bits per heavy atom. The monoisotopic (exact) mass is 395 g/mol. The third-order valence-electron chi connectivity index (χ3n) is 4.37. The molecule has 5 heteroatoms. The lowest BCUT2D eigenvalue weighted by molar-refractivity contribution is 0.0525. The van der Waals surface area contributed by atoms with Crippen LogP contribution in [0.2, 0.25) is 0 Å². The molecule has 2 fully saturated rings. The summed E-state index contributed by atoms with van der Waals surface area (Å²) in [6.45, 7) is 7.09. The summed E-state index contributed by atoms with van der Waals surface area (Å²) in [5, 5.41) is 2.88. The van der Waals surface area contributed by atoms with Crippen LogP contribution in [0.25, 0.3) is 0 Å². The number of carbonyl (C=O) groups is 1. The molecule has 1 N–H and O–H groups in total. The molecule has 2 atom stereocenters. The van der Waals surface area contributed by atoms with E-state index in [4.69, 9.17) is 9.47 Å². The van der Waals surface area contributed by atoms with Gasteiger partial charge in [-0.05, 0) is 81.5 Å². The van der Waals surface area contributed by atoms with E-state index in [1.165, 1.54) is 18.4 Å². The first kappa shape index (κ1) is 17.6. The Hall–Kier alpha value is -1.23. The average molecular weight is 396 g/mol. The number of carbonyl (C=O) groups excluding carboxylic acids is 1. The quantitative estimate of drug-likeness (QED) is 0.747. The number of hydrogen-bond donors (Lipinski definition) is 1. The van der Waals surface area contributed by atoms with Gasteiger partial charge in [-0.3, -0.25) is 0 Å². The van der Waals surface area contributed by atoms with Crippen molar-refractivity contribution in [1.82, 2.24) is 5.32 Å². The fraction of sp³-hybridized carbons (Fsp3) is 0.632. The molecule has 0 radical (unpaired) electrons. The highest BCUT2D eigenvalue weighted by molar-refractivity contribution is 9.10. The van der Waals surface area contributed by atoms with Crippen LogP contribution >= 0.6 is 15.9 Å². The number of halogens is 1. The zero-order chi connectivity index (χ0) is 17.3. The van der Waals surface area contributed by atoms with Crippen molar-refractivity contribution in [1.29, 1.82) is 0 Å². The van der Waals surface area contributed by atoms with E-state index in [1.54, 1.807) is 0 Å². The van der Waals surface area contributed by atoms with E-state index < -0.39 is 5.60 Å². The van der Waals surface area contributed by atoms with Gasteiger partial charge >= 0.3 is 6.09 Å². The highest BCUT2D eigenvalue weighted by atomic mass is 79.9. The van der Waals surface area contributed by atoms with Crippen molar-refractivity contribution in [2.75, 3.05) is 13.2 Å². The topological polar surface area (TPSA) is 47.6 Å². The summed E-state index contributed by atoms with van der Waals surface area (Å²) in [4.78, 5) is 11.8. The van der Waals surface area contributed by atoms with E-state index in [0.29, 0.717) is 18.4 Å². The minimum Gasteiger partial charge on any atom is -0.493 e. The fourth-order valence-electron chi connectivity index (χ4n) is 2.82. The molecule has 0 spiro atoms. The number of hydrogen-bond acceptors (Lipinski definition) is 3. The molecule has 1 amide bonds. The summed E-state index contributed by atoms with van der Waals surface area (Å²) < 4.78 is 12.4. The Balaban J connectivity index is 1.54. The van der Waals surface area contributed by atoms with Crippen LogP contribution in [-0.2, 0) is 4.74 Å². The predicted octanol–water partition coefficient (Wildman–Crippen LogP) is 4.87. The van der Waals surface area contributed by atoms with Gasteiger partial charge in [0.15, 0.2) is 0 Å². The molecule has 3 rings (SSSR count). The van der Waals surface area contributed by atoms with Gasteiger partial charge in [-0.15, -0.1) is 0 Å². The van der Waals surface area contributed by atoms with E-state index >= 15 is 0 Å². The lowest BCUT2D eigenvalue weighted by Gasteiger charge is -2.19. The molecule has 2 aliphatic rings. The Labute approximate surface area is 152 Å². The summed E-state index contributed by atoms with van der Waals surface area (Å²) in [6.07, 6.45) is 3.31. The van der Waals surface area contributed by atoms with Crippen LogP contribution in [0.5, 0.6) is 5.75 Å². The number of nitrogens with one attached hydrogen (secondary N) is 1. The first-order valence-electron chi connectivity index (χ1n) is 8.71. The number of benzene rings is 1. The first-order valence-corrected chi connectivity index (χ1v) is 9.50. The van der Waals surface area contributed by atoms with Crippen molar-refractivity contribution in [2.45, 2.75) is 51.6 Å². The van der Waals surface area contributed by atoms with Gasteiger partial charge in [-0.1, -0.05) is 15.9 Å². The highest BCUT2D eigenvalue weighted by Crippen LogP contribution is 2.50. The molecule has 24 heavy (non-hydrogen) atoms. The van der Waals surface area contributed by atoms with Crippen LogP contribution in [0.4, 0.5) is 4.79 Å². The van der Waals surface area contributed by atoms with Crippen molar-refractivity contribution >= 4 is 22.0 Å². The molecule has 0 saturated heterocycles. The molecular formula is C19H26BrNO3. The Kier molecular flexibility index (Phi) is 5.09. The normalized spacial score (nSPS) is 22.8. The lowest BCUT2D eigenvalue weighted by atomic mass is 10.1. The van der Waals surface area contributed by atoms with Gasteiger partial charge in [0.1, 0.15) is 11.4 Å². The third kappa shape index (κ3) is 5.13. The first-order chi connectivity index (χ1) is 11.3. The van der Waals surface area contributed by atoms with E-state index in [0.717, 1.165) is 29.2 Å². The van der Waals surface area contributed by atoms with Crippen LogP contribution < -0.4 is 10.1 Å². The van der Waals surface area contributed by atoms with Crippen LogP contribution in [0.3, 0.4) is 0 Å². The van der Waals surface area contributed by atoms with Gasteiger partial charge in [0.2, 0.25) is 0 Å². The Bertz CT molecular complexity index is 607. The Morgan fingerprint density at radius 1 is 1.33 bits per heavy atom. The smallest absolute Gasteiger partial charge is 0.407 e. The summed E-state index contributed by atoms with van der Waals surface area (Å²) in [6, 6.07) is 6.24. The molecule has 2 saturated carbocycles. The molecule has 0 bridgehead atoms. The van der Waals surface area contributed by atoms with Crippen molar-refractivity contribution in [3.8, 4) is 5.75 Å². The molecule has 132 valence electrons. The van der Waals surface area contributed by atoms with E-state index in [2.05, 4.69) is 33.4 Å². The summed E-state index contributed by atoms with van der Waals surface area (Å²) in [5.74, 6) is 2.64. The number of ether oxygens (including phenoxy) is 2. The second kappa shape index (κ2) is 6.95. The van der Waals surface area contributed by atoms with Crippen LogP contribution in [-0.4, -0.2) is 24.8 Å². The second-order valence-electron chi connectivity index (χ2n) is 7.92. The molecule has 2 aliphatic carbocycles. The van der Waals surface area contributed by atoms with Gasteiger partial charge < -0.3 is 14.8 Å². The van der Waals surface area contributed by atoms with Crippen LogP contribution in [0.15, 0.2) is 22.7 Å². The summed E-state index contributed by atoms with van der Waals surface area (Å²) in [7, 11) is 0. The van der Waals surface area contributed by atoms with Gasteiger partial charge in [0, 0.05) is 11.0 Å². The van der Waals surface area contributed by atoms with Crippen molar-refractivity contribution < 1.29 is 14.3 Å². The van der Waals surface area contributed by atoms with E-state index in [-0.39, 0.29) is 6.09 Å². The number of rotatable bonds is 6. The van der Waals surface area contributed by atoms with E-state index in [1.807, 2.05) is 26.8 Å². The summed E-state index contributed by atoms with van der Waals surface area (Å²) in [5.41, 5.74) is 0.794. The SMILES string of the molecule is CC(C)(C)OC(=O)NC[C@H]1CC1c1cc(Br)ccc1OCC1CC1. The number of amides is 1. The Morgan fingerprint density at radius 2 is 2.08 bits per heavy atom. The lowest BCUT2D eigenvalue weighted by Crippen LogP contribution is -2.33. The molecule has 4 nitrogen and oxygen atoms in total. The maximum Gasteiger partial charge on any atom is 0.407 e. The zero-order valence-electron chi connectivity index (χ0n) is 14.6. The van der Waals surface area contributed by atoms with Crippen molar-refractivity contribution in [2.24, 2.45) is 11.8 Å². The van der Waals surface area contributed by atoms with Crippen molar-refractivity contribution in [3.63, 3.8) is 0 Å². The maximum absolute atomic E-state index is 11.8. The molecule has 0 heterocycles. The molecular weight excluding hydrogens is 370 g/mol. The fourth-order valence-corrected chi connectivity index (χ4v) is 3.19. The van der Waals surface area contributed by atoms with Crippen molar-refractivity contribution in [3.05, 3.63) is 28.2 Å². The molecule has 0 aliphatic heterocycles. The van der Waals surface area contributed by atoms with Crippen LogP contribution in [0, 0.1) is 11.8 Å². The molecule has 1 unspecified atom stereocenters. The predicted molar refractivity (Wildman–Crippen MR) is 97.4 cm³/mol. The van der Waals surface area contributed by atoms with Gasteiger partial charge in [-0.25, -0.2) is 4.79 Å². The molecule has 0 aromatic heterocycles. The van der Waals surface area contributed by atoms with Gasteiger partial charge in [0.25, 0.3) is 0 Å². The molecule has 1 aromatic carbocycles. The van der Waals surface area contributed by atoms with Crippen LogP contribution in [0.1, 0.15) is 51.5 Å². The third-order valence-corrected chi connectivity index (χ3v) is 4.87. The highest BCUT2D eigenvalue weighted by Gasteiger charge is 2.40. The van der Waals surface area contributed by atoms with E-state index in [9.17, 15) is 4.79 Å². The standard InChI is InChI=1S/C19H26BrNO3/c1-19(2,3)24-18(22)21-10-13-8-15(13)16-9-14(20)6-7-17(16)23-11-12-4-5-12/h6-7,9,12-13,15H,4-5,8,10-11H2,1-3H3,(H,21,22)/t13-,15?/m1/s1. The maximum atomic E-state index is 11.8. The minimum atomic E-state index is -0.457. The zero-order valence-corrected chi connectivity index (χ0v) is 16.2. The van der Waals surface area contributed by atoms with Gasteiger partial charge in [0.05, 0.1) is 6.61 Å².